The van der Waals surface area contributed by atoms with Crippen LogP contribution in [0.1, 0.15) is 52.0 Å². The third kappa shape index (κ3) is 2.11. The Balaban J connectivity index is 1.86. The lowest BCUT2D eigenvalue weighted by Crippen LogP contribution is -2.33. The van der Waals surface area contributed by atoms with Gasteiger partial charge < -0.3 is 9.47 Å². The molecule has 27 heavy (non-hydrogen) atoms. The zero-order chi connectivity index (χ0) is 18.6. The molecular weight excluding hydrogens is 336 g/mol. The van der Waals surface area contributed by atoms with Crippen LogP contribution in [0.5, 0.6) is 11.5 Å². The van der Waals surface area contributed by atoms with E-state index in [1.54, 1.807) is 0 Å². The molecule has 0 amide bonds. The zero-order valence-electron chi connectivity index (χ0n) is 15.4. The highest BCUT2D eigenvalue weighted by Crippen LogP contribution is 2.56. The standard InChI is InChI=1S/C24H20O3/c1-3-15-9-11-19-21(13-15)26-22-14-16(4-2)10-12-20(22)24(19)18-8-6-5-7-17(18)23(25)27-24/h5-14H,3-4H2,1-2H3. The molecule has 0 fully saturated rings. The fraction of sp³-hybridized carbons (Fsp3) is 0.208. The van der Waals surface area contributed by atoms with Crippen molar-refractivity contribution in [1.82, 2.24) is 0 Å². The van der Waals surface area contributed by atoms with Gasteiger partial charge in [-0.15, -0.1) is 0 Å². The number of esters is 1. The Labute approximate surface area is 158 Å². The molecule has 0 saturated heterocycles. The van der Waals surface area contributed by atoms with Gasteiger partial charge in [0.05, 0.1) is 5.56 Å². The first-order valence-corrected chi connectivity index (χ1v) is 9.45. The smallest absolute Gasteiger partial charge is 0.340 e. The molecule has 3 nitrogen and oxygen atoms in total. The van der Waals surface area contributed by atoms with Crippen molar-refractivity contribution >= 4 is 5.97 Å². The van der Waals surface area contributed by atoms with Crippen molar-refractivity contribution in [1.29, 1.82) is 0 Å². The van der Waals surface area contributed by atoms with Crippen LogP contribution in [-0.4, -0.2) is 5.97 Å². The van der Waals surface area contributed by atoms with Crippen LogP contribution in [0.3, 0.4) is 0 Å². The van der Waals surface area contributed by atoms with Crippen LogP contribution in [-0.2, 0) is 23.2 Å². The van der Waals surface area contributed by atoms with Crippen LogP contribution in [0.25, 0.3) is 0 Å². The molecule has 0 aliphatic carbocycles. The van der Waals surface area contributed by atoms with E-state index in [-0.39, 0.29) is 5.97 Å². The minimum absolute atomic E-state index is 0.288. The molecule has 2 aliphatic heterocycles. The van der Waals surface area contributed by atoms with Gasteiger partial charge in [0.2, 0.25) is 0 Å². The van der Waals surface area contributed by atoms with Crippen LogP contribution in [0.4, 0.5) is 0 Å². The van der Waals surface area contributed by atoms with Crippen LogP contribution in [0, 0.1) is 0 Å². The summed E-state index contributed by atoms with van der Waals surface area (Å²) in [4.78, 5) is 12.7. The summed E-state index contributed by atoms with van der Waals surface area (Å²) in [5, 5.41) is 0. The molecule has 1 spiro atoms. The van der Waals surface area contributed by atoms with E-state index in [9.17, 15) is 4.79 Å². The number of hydrogen-bond donors (Lipinski definition) is 0. The molecule has 3 aromatic carbocycles. The van der Waals surface area contributed by atoms with Gasteiger partial charge >= 0.3 is 5.97 Å². The van der Waals surface area contributed by atoms with Gasteiger partial charge in [0.1, 0.15) is 11.5 Å². The summed E-state index contributed by atoms with van der Waals surface area (Å²) in [6.45, 7) is 4.24. The number of carbonyl (C=O) groups is 1. The highest BCUT2D eigenvalue weighted by molar-refractivity contribution is 5.97. The summed E-state index contributed by atoms with van der Waals surface area (Å²) in [6, 6.07) is 20.0. The molecule has 2 heterocycles. The number of ether oxygens (including phenoxy) is 2. The zero-order valence-corrected chi connectivity index (χ0v) is 15.4. The predicted molar refractivity (Wildman–Crippen MR) is 103 cm³/mol. The van der Waals surface area contributed by atoms with Crippen molar-refractivity contribution in [3.05, 3.63) is 94.0 Å². The summed E-state index contributed by atoms with van der Waals surface area (Å²) >= 11 is 0. The second-order valence-electron chi connectivity index (χ2n) is 7.09. The van der Waals surface area contributed by atoms with Crippen molar-refractivity contribution < 1.29 is 14.3 Å². The molecule has 0 saturated carbocycles. The average molecular weight is 356 g/mol. The highest BCUT2D eigenvalue weighted by Gasteiger charge is 2.53. The van der Waals surface area contributed by atoms with Crippen molar-refractivity contribution in [2.75, 3.05) is 0 Å². The molecule has 3 heteroatoms. The number of carbonyl (C=O) groups excluding carboxylic acids is 1. The van der Waals surface area contributed by atoms with Gasteiger partial charge in [0.25, 0.3) is 0 Å². The fourth-order valence-electron chi connectivity index (χ4n) is 4.20. The van der Waals surface area contributed by atoms with E-state index in [0.29, 0.717) is 5.56 Å². The van der Waals surface area contributed by atoms with Crippen molar-refractivity contribution in [3.63, 3.8) is 0 Å². The maximum Gasteiger partial charge on any atom is 0.340 e. The lowest BCUT2D eigenvalue weighted by Gasteiger charge is -2.37. The second kappa shape index (κ2) is 5.71. The Morgan fingerprint density at radius 1 is 0.778 bits per heavy atom. The van der Waals surface area contributed by atoms with Crippen LogP contribution < -0.4 is 4.74 Å². The monoisotopic (exact) mass is 356 g/mol. The van der Waals surface area contributed by atoms with E-state index < -0.39 is 5.60 Å². The van der Waals surface area contributed by atoms with Gasteiger partial charge in [-0.05, 0) is 42.2 Å². The highest BCUT2D eigenvalue weighted by atomic mass is 16.6. The van der Waals surface area contributed by atoms with Gasteiger partial charge in [-0.25, -0.2) is 4.79 Å². The second-order valence-corrected chi connectivity index (χ2v) is 7.09. The third-order valence-electron chi connectivity index (χ3n) is 5.66. The number of aryl methyl sites for hydroxylation is 2. The number of rotatable bonds is 2. The van der Waals surface area contributed by atoms with Gasteiger partial charge in [0, 0.05) is 16.7 Å². The van der Waals surface area contributed by atoms with E-state index in [4.69, 9.17) is 9.47 Å². The minimum atomic E-state index is -0.949. The maximum atomic E-state index is 12.7. The van der Waals surface area contributed by atoms with E-state index >= 15 is 0 Å². The largest absolute Gasteiger partial charge is 0.456 e. The van der Waals surface area contributed by atoms with Crippen molar-refractivity contribution in [2.45, 2.75) is 32.3 Å². The first kappa shape index (κ1) is 16.1. The average Bonchev–Trinajstić information content (AvgIpc) is 3.01. The Hall–Kier alpha value is -3.07. The van der Waals surface area contributed by atoms with E-state index in [1.165, 1.54) is 11.1 Å². The molecule has 0 atom stereocenters. The summed E-state index contributed by atoms with van der Waals surface area (Å²) in [6.07, 6.45) is 1.84. The molecule has 0 aromatic heterocycles. The fourth-order valence-corrected chi connectivity index (χ4v) is 4.20. The third-order valence-corrected chi connectivity index (χ3v) is 5.66. The lowest BCUT2D eigenvalue weighted by molar-refractivity contribution is 0.0224. The van der Waals surface area contributed by atoms with E-state index in [0.717, 1.165) is 41.0 Å². The van der Waals surface area contributed by atoms with E-state index in [1.807, 2.05) is 36.4 Å². The number of fused-ring (bicyclic) bond motifs is 6. The van der Waals surface area contributed by atoms with Gasteiger partial charge in [0.15, 0.2) is 5.60 Å². The van der Waals surface area contributed by atoms with Crippen LogP contribution in [0.2, 0.25) is 0 Å². The van der Waals surface area contributed by atoms with Gasteiger partial charge in [-0.1, -0.05) is 56.3 Å². The normalized spacial score (nSPS) is 15.6. The topological polar surface area (TPSA) is 35.5 Å². The molecule has 0 bridgehead atoms. The van der Waals surface area contributed by atoms with Crippen LogP contribution >= 0.6 is 0 Å². The first-order valence-electron chi connectivity index (χ1n) is 9.45. The van der Waals surface area contributed by atoms with Crippen LogP contribution in [0.15, 0.2) is 60.7 Å². The maximum absolute atomic E-state index is 12.7. The lowest BCUT2D eigenvalue weighted by atomic mass is 9.77. The SMILES string of the molecule is CCc1ccc2c(c1)Oc1cc(CC)ccc1C21OC(=O)c2ccccc21. The summed E-state index contributed by atoms with van der Waals surface area (Å²) < 4.78 is 12.4. The summed E-state index contributed by atoms with van der Waals surface area (Å²) in [5.74, 6) is 1.24. The van der Waals surface area contributed by atoms with Crippen molar-refractivity contribution in [2.24, 2.45) is 0 Å². The first-order chi connectivity index (χ1) is 13.2. The summed E-state index contributed by atoms with van der Waals surface area (Å²) in [7, 11) is 0. The van der Waals surface area contributed by atoms with Gasteiger partial charge in [-0.3, -0.25) is 0 Å². The summed E-state index contributed by atoms with van der Waals surface area (Å²) in [5.41, 5.74) is 4.71. The molecule has 5 rings (SSSR count). The molecule has 134 valence electrons. The Kier molecular flexibility index (Phi) is 3.41. The van der Waals surface area contributed by atoms with Gasteiger partial charge in [-0.2, -0.15) is 0 Å². The number of hydrogen-bond acceptors (Lipinski definition) is 3. The molecular formula is C24H20O3. The Morgan fingerprint density at radius 3 is 1.96 bits per heavy atom. The van der Waals surface area contributed by atoms with E-state index in [2.05, 4.69) is 38.1 Å². The molecule has 0 unspecified atom stereocenters. The van der Waals surface area contributed by atoms with Crippen molar-refractivity contribution in [3.8, 4) is 11.5 Å². The minimum Gasteiger partial charge on any atom is -0.456 e. The Bertz CT molecular complexity index is 1030. The molecule has 2 aliphatic rings. The molecule has 3 aromatic rings. The molecule has 0 N–H and O–H groups in total. The Morgan fingerprint density at radius 2 is 1.37 bits per heavy atom. The predicted octanol–water partition coefficient (Wildman–Crippen LogP) is 5.38. The number of benzene rings is 3. The quantitative estimate of drug-likeness (QED) is 0.578. The molecule has 0 radical (unpaired) electrons.